The van der Waals surface area contributed by atoms with Crippen molar-refractivity contribution in [2.24, 2.45) is 0 Å². The molecule has 0 spiro atoms. The van der Waals surface area contributed by atoms with Crippen LogP contribution in [0.5, 0.6) is 0 Å². The maximum Gasteiger partial charge on any atom is 0.335 e. The van der Waals surface area contributed by atoms with Gasteiger partial charge in [0.15, 0.2) is 0 Å². The van der Waals surface area contributed by atoms with Gasteiger partial charge in [-0.05, 0) is 12.1 Å². The van der Waals surface area contributed by atoms with E-state index in [2.05, 4.69) is 0 Å². The van der Waals surface area contributed by atoms with Crippen LogP contribution in [0.2, 0.25) is 0 Å². The molecule has 0 amide bonds. The van der Waals surface area contributed by atoms with Gasteiger partial charge in [-0.2, -0.15) is 0 Å². The van der Waals surface area contributed by atoms with Crippen molar-refractivity contribution in [3.8, 4) is 0 Å². The van der Waals surface area contributed by atoms with Gasteiger partial charge in [0, 0.05) is 41.7 Å². The molecule has 0 bridgehead atoms. The minimum atomic E-state index is -1.09. The third-order valence-electron chi connectivity index (χ3n) is 1.33. The molecule has 0 atom stereocenters. The summed E-state index contributed by atoms with van der Waals surface area (Å²) in [6, 6.07) is 4.70. The van der Waals surface area contributed by atoms with Gasteiger partial charge in [0.2, 0.25) is 0 Å². The summed E-state index contributed by atoms with van der Waals surface area (Å²) in [6.45, 7) is 0. The molecule has 0 unspecified atom stereocenters. The van der Waals surface area contributed by atoms with E-state index >= 15 is 0 Å². The minimum Gasteiger partial charge on any atom is -0.478 e. The van der Waals surface area contributed by atoms with Crippen LogP contribution in [0.1, 0.15) is 10.4 Å². The monoisotopic (exact) mass is 208 g/mol. The van der Waals surface area contributed by atoms with Crippen LogP contribution < -0.4 is 0 Å². The molecule has 7 heteroatoms. The van der Waals surface area contributed by atoms with Crippen LogP contribution in [-0.4, -0.2) is 51.0 Å². The van der Waals surface area contributed by atoms with Crippen molar-refractivity contribution < 1.29 is 20.3 Å². The van der Waals surface area contributed by atoms with Crippen molar-refractivity contribution in [1.82, 2.24) is 0 Å². The number of carboxylic acid groups (broad SMARTS) is 1. The summed E-state index contributed by atoms with van der Waals surface area (Å²) in [4.78, 5) is 19.9. The smallest absolute Gasteiger partial charge is 0.335 e. The molecule has 0 saturated heterocycles. The van der Waals surface area contributed by atoms with E-state index in [1.807, 2.05) is 0 Å². The molecular formula is C7H7NNaO5. The fraction of sp³-hybridized carbons (Fsp3) is 0. The van der Waals surface area contributed by atoms with Crippen LogP contribution in [0.25, 0.3) is 0 Å². The van der Waals surface area contributed by atoms with Crippen molar-refractivity contribution in [3.63, 3.8) is 0 Å². The molecule has 0 aliphatic heterocycles. The average molecular weight is 208 g/mol. The predicted octanol–water partition coefficient (Wildman–Crippen LogP) is 0.0875. The van der Waals surface area contributed by atoms with Crippen LogP contribution >= 0.6 is 0 Å². The van der Waals surface area contributed by atoms with Crippen LogP contribution in [0.15, 0.2) is 24.3 Å². The topological polar surface area (TPSA) is 112 Å². The molecule has 0 fully saturated rings. The summed E-state index contributed by atoms with van der Waals surface area (Å²) in [7, 11) is 0. The van der Waals surface area contributed by atoms with Gasteiger partial charge in [-0.15, -0.1) is 0 Å². The third-order valence-corrected chi connectivity index (χ3v) is 1.33. The Kier molecular flexibility index (Phi) is 7.20. The van der Waals surface area contributed by atoms with E-state index in [1.165, 1.54) is 12.1 Å². The first-order chi connectivity index (χ1) is 5.61. The van der Waals surface area contributed by atoms with E-state index < -0.39 is 10.9 Å². The molecule has 0 aromatic heterocycles. The van der Waals surface area contributed by atoms with Crippen LogP contribution in [0.4, 0.5) is 5.69 Å². The molecular weight excluding hydrogens is 201 g/mol. The first-order valence-corrected chi connectivity index (χ1v) is 3.09. The van der Waals surface area contributed by atoms with Crippen molar-refractivity contribution >= 4 is 41.2 Å². The van der Waals surface area contributed by atoms with Gasteiger partial charge in [-0.3, -0.25) is 10.1 Å². The molecule has 0 aliphatic carbocycles. The van der Waals surface area contributed by atoms with Gasteiger partial charge < -0.3 is 10.6 Å². The second kappa shape index (κ2) is 6.50. The Bertz CT molecular complexity index is 290. The Balaban J connectivity index is 0. The van der Waals surface area contributed by atoms with E-state index in [4.69, 9.17) is 5.11 Å². The maximum absolute atomic E-state index is 10.3. The predicted molar refractivity (Wildman–Crippen MR) is 49.4 cm³/mol. The quantitative estimate of drug-likeness (QED) is 0.421. The number of rotatable bonds is 2. The van der Waals surface area contributed by atoms with Crippen LogP contribution in [0, 0.1) is 10.1 Å². The van der Waals surface area contributed by atoms with Gasteiger partial charge in [0.05, 0.1) is 10.5 Å². The Morgan fingerprint density at radius 2 is 1.71 bits per heavy atom. The number of nitrogens with zero attached hydrogens (tertiary/aromatic N) is 1. The normalized spacial score (nSPS) is 8.00. The van der Waals surface area contributed by atoms with Crippen LogP contribution in [-0.2, 0) is 0 Å². The number of aromatic carboxylic acids is 1. The Labute approximate surface area is 101 Å². The second-order valence-electron chi connectivity index (χ2n) is 2.11. The zero-order valence-electron chi connectivity index (χ0n) is 7.43. The molecule has 71 valence electrons. The van der Waals surface area contributed by atoms with Gasteiger partial charge in [-0.25, -0.2) is 4.79 Å². The van der Waals surface area contributed by atoms with E-state index in [1.54, 1.807) is 0 Å². The molecule has 1 aromatic rings. The second-order valence-corrected chi connectivity index (χ2v) is 2.11. The summed E-state index contributed by atoms with van der Waals surface area (Å²) >= 11 is 0. The molecule has 1 radical (unpaired) electrons. The first-order valence-electron chi connectivity index (χ1n) is 3.09. The number of non-ortho nitro benzene ring substituents is 1. The standard InChI is InChI=1S/C7H5NO4.Na.H2O/c9-7(10)5-1-3-6(4-2-5)8(11)12;;/h1-4H,(H,9,10);;1H2. The maximum atomic E-state index is 10.3. The van der Waals surface area contributed by atoms with E-state index in [0.717, 1.165) is 12.1 Å². The fourth-order valence-electron chi connectivity index (χ4n) is 0.726. The zero-order chi connectivity index (χ0) is 9.14. The minimum absolute atomic E-state index is 0. The number of carbonyl (C=O) groups is 1. The number of nitro benzene ring substituents is 1. The molecule has 0 aliphatic rings. The van der Waals surface area contributed by atoms with E-state index in [9.17, 15) is 14.9 Å². The molecule has 6 nitrogen and oxygen atoms in total. The van der Waals surface area contributed by atoms with Crippen molar-refractivity contribution in [3.05, 3.63) is 39.9 Å². The van der Waals surface area contributed by atoms with Crippen molar-refractivity contribution in [2.45, 2.75) is 0 Å². The Hall–Kier alpha value is -0.950. The van der Waals surface area contributed by atoms with Gasteiger partial charge in [0.25, 0.3) is 5.69 Å². The number of hydrogen-bond acceptors (Lipinski definition) is 3. The van der Waals surface area contributed by atoms with E-state index in [0.29, 0.717) is 0 Å². The molecule has 1 rings (SSSR count). The van der Waals surface area contributed by atoms with E-state index in [-0.39, 0.29) is 46.3 Å². The molecule has 1 aromatic carbocycles. The van der Waals surface area contributed by atoms with Crippen LogP contribution in [0.3, 0.4) is 0 Å². The first kappa shape index (κ1) is 15.5. The number of nitro groups is 1. The average Bonchev–Trinajstić information content (AvgIpc) is 2.04. The molecule has 0 heterocycles. The van der Waals surface area contributed by atoms with Gasteiger partial charge in [-0.1, -0.05) is 0 Å². The Morgan fingerprint density at radius 3 is 2.00 bits per heavy atom. The third kappa shape index (κ3) is 3.84. The molecule has 0 saturated carbocycles. The number of carboxylic acids is 1. The zero-order valence-corrected chi connectivity index (χ0v) is 9.43. The van der Waals surface area contributed by atoms with Gasteiger partial charge >= 0.3 is 5.97 Å². The number of hydrogen-bond donors (Lipinski definition) is 1. The van der Waals surface area contributed by atoms with Crippen molar-refractivity contribution in [1.29, 1.82) is 0 Å². The Morgan fingerprint density at radius 1 is 1.29 bits per heavy atom. The molecule has 3 N–H and O–H groups in total. The summed E-state index contributed by atoms with van der Waals surface area (Å²) in [5.41, 5.74) is -0.0689. The molecule has 14 heavy (non-hydrogen) atoms. The number of benzene rings is 1. The summed E-state index contributed by atoms with van der Waals surface area (Å²) in [6.07, 6.45) is 0. The fourth-order valence-corrected chi connectivity index (χ4v) is 0.726. The summed E-state index contributed by atoms with van der Waals surface area (Å²) < 4.78 is 0. The summed E-state index contributed by atoms with van der Waals surface area (Å²) in [5.74, 6) is -1.09. The van der Waals surface area contributed by atoms with Crippen molar-refractivity contribution in [2.75, 3.05) is 0 Å². The summed E-state index contributed by atoms with van der Waals surface area (Å²) in [5, 5.41) is 18.6. The SMILES string of the molecule is O.O=C(O)c1ccc([N+](=O)[O-])cc1.[Na]. The largest absolute Gasteiger partial charge is 0.478 e. The van der Waals surface area contributed by atoms with Gasteiger partial charge in [0.1, 0.15) is 0 Å².